The van der Waals surface area contributed by atoms with E-state index in [9.17, 15) is 13.5 Å². The summed E-state index contributed by atoms with van der Waals surface area (Å²) in [6, 6.07) is 0.325. The van der Waals surface area contributed by atoms with Gasteiger partial charge in [0, 0.05) is 25.2 Å². The molecule has 2 heterocycles. The maximum Gasteiger partial charge on any atom is 0.154 e. The van der Waals surface area contributed by atoms with Crippen molar-refractivity contribution in [2.45, 2.75) is 38.1 Å². The molecule has 5 nitrogen and oxygen atoms in total. The Kier molecular flexibility index (Phi) is 3.27. The lowest BCUT2D eigenvalue weighted by Gasteiger charge is -2.43. The number of nitrogens with one attached hydrogen (secondary N) is 1. The fraction of sp³-hybridized carbons (Fsp3) is 1.00. The van der Waals surface area contributed by atoms with Gasteiger partial charge in [-0.1, -0.05) is 0 Å². The van der Waals surface area contributed by atoms with E-state index >= 15 is 0 Å². The summed E-state index contributed by atoms with van der Waals surface area (Å²) in [5.74, 6) is 0.0177. The normalized spacial score (nSPS) is 44.7. The van der Waals surface area contributed by atoms with Gasteiger partial charge in [-0.2, -0.15) is 0 Å². The van der Waals surface area contributed by atoms with Gasteiger partial charge in [0.2, 0.25) is 0 Å². The second-order valence-corrected chi connectivity index (χ2v) is 7.17. The van der Waals surface area contributed by atoms with Crippen molar-refractivity contribution in [2.75, 3.05) is 24.6 Å². The van der Waals surface area contributed by atoms with E-state index in [4.69, 9.17) is 0 Å². The molecule has 4 unspecified atom stereocenters. The molecule has 0 radical (unpaired) electrons. The second-order valence-electron chi connectivity index (χ2n) is 5.02. The molecule has 0 spiro atoms. The van der Waals surface area contributed by atoms with Crippen molar-refractivity contribution in [3.05, 3.63) is 0 Å². The summed E-state index contributed by atoms with van der Waals surface area (Å²) >= 11 is 0. The third kappa shape index (κ3) is 2.25. The van der Waals surface area contributed by atoms with Crippen molar-refractivity contribution in [1.82, 2.24) is 10.2 Å². The molecule has 0 aromatic heterocycles. The van der Waals surface area contributed by atoms with Gasteiger partial charge in [-0.25, -0.2) is 8.42 Å². The first-order valence-corrected chi connectivity index (χ1v) is 7.59. The lowest BCUT2D eigenvalue weighted by molar-refractivity contribution is 0.0163. The van der Waals surface area contributed by atoms with Crippen LogP contribution in [0.4, 0.5) is 0 Å². The smallest absolute Gasteiger partial charge is 0.154 e. The highest BCUT2D eigenvalue weighted by atomic mass is 32.2. The van der Waals surface area contributed by atoms with E-state index in [0.29, 0.717) is 0 Å². The van der Waals surface area contributed by atoms with Crippen LogP contribution >= 0.6 is 0 Å². The molecule has 16 heavy (non-hydrogen) atoms. The van der Waals surface area contributed by atoms with E-state index in [-0.39, 0.29) is 29.6 Å². The zero-order chi connectivity index (χ0) is 11.9. The SMILES string of the molecule is CC1CNCC(C)N1C1CS(=O)(=O)CC1O. The molecule has 2 saturated heterocycles. The van der Waals surface area contributed by atoms with Crippen molar-refractivity contribution >= 4 is 9.84 Å². The van der Waals surface area contributed by atoms with Gasteiger partial charge in [0.1, 0.15) is 0 Å². The predicted octanol–water partition coefficient (Wildman–Crippen LogP) is -1.17. The first-order chi connectivity index (χ1) is 7.41. The largest absolute Gasteiger partial charge is 0.390 e. The molecule has 2 fully saturated rings. The van der Waals surface area contributed by atoms with Crippen molar-refractivity contribution in [3.8, 4) is 0 Å². The number of aliphatic hydroxyl groups is 1. The highest BCUT2D eigenvalue weighted by Gasteiger charge is 2.43. The summed E-state index contributed by atoms with van der Waals surface area (Å²) in [5.41, 5.74) is 0. The highest BCUT2D eigenvalue weighted by Crippen LogP contribution is 2.24. The number of nitrogens with zero attached hydrogens (tertiary/aromatic N) is 1. The topological polar surface area (TPSA) is 69.6 Å². The zero-order valence-corrected chi connectivity index (χ0v) is 10.6. The summed E-state index contributed by atoms with van der Waals surface area (Å²) in [5, 5.41) is 13.2. The van der Waals surface area contributed by atoms with Crippen molar-refractivity contribution in [2.24, 2.45) is 0 Å². The van der Waals surface area contributed by atoms with Crippen molar-refractivity contribution < 1.29 is 13.5 Å². The van der Waals surface area contributed by atoms with Gasteiger partial charge < -0.3 is 10.4 Å². The molecule has 0 aliphatic carbocycles. The Morgan fingerprint density at radius 2 is 1.75 bits per heavy atom. The van der Waals surface area contributed by atoms with E-state index in [2.05, 4.69) is 24.1 Å². The van der Waals surface area contributed by atoms with E-state index < -0.39 is 15.9 Å². The molecule has 0 bridgehead atoms. The summed E-state index contributed by atoms with van der Waals surface area (Å²) in [4.78, 5) is 2.16. The van der Waals surface area contributed by atoms with E-state index in [1.807, 2.05) is 0 Å². The molecule has 2 aliphatic heterocycles. The van der Waals surface area contributed by atoms with Crippen LogP contribution in [0.25, 0.3) is 0 Å². The average Bonchev–Trinajstić information content (AvgIpc) is 2.39. The van der Waals surface area contributed by atoms with Gasteiger partial charge in [0.15, 0.2) is 9.84 Å². The summed E-state index contributed by atoms with van der Waals surface area (Å²) in [7, 11) is -3.05. The van der Waals surface area contributed by atoms with Crippen LogP contribution in [0.1, 0.15) is 13.8 Å². The predicted molar refractivity (Wildman–Crippen MR) is 62.1 cm³/mol. The standard InChI is InChI=1S/C10H20N2O3S/c1-7-3-11-4-8(2)12(7)9-5-16(14,15)6-10(9)13/h7-11,13H,3-6H2,1-2H3. The van der Waals surface area contributed by atoms with Crippen LogP contribution in [0.2, 0.25) is 0 Å². The van der Waals surface area contributed by atoms with Gasteiger partial charge >= 0.3 is 0 Å². The summed E-state index contributed by atoms with van der Waals surface area (Å²) in [6.07, 6.45) is -0.729. The van der Waals surface area contributed by atoms with Gasteiger partial charge in [0.25, 0.3) is 0 Å². The lowest BCUT2D eigenvalue weighted by atomic mass is 10.0. The number of rotatable bonds is 1. The number of aliphatic hydroxyl groups excluding tert-OH is 1. The first kappa shape index (κ1) is 12.3. The van der Waals surface area contributed by atoms with Crippen LogP contribution in [0.3, 0.4) is 0 Å². The monoisotopic (exact) mass is 248 g/mol. The Morgan fingerprint density at radius 3 is 2.19 bits per heavy atom. The minimum absolute atomic E-state index is 0.0823. The Labute approximate surface area is 96.7 Å². The van der Waals surface area contributed by atoms with Gasteiger partial charge in [0.05, 0.1) is 23.7 Å². The van der Waals surface area contributed by atoms with Crippen LogP contribution in [0, 0.1) is 0 Å². The molecule has 0 aromatic carbocycles. The van der Waals surface area contributed by atoms with E-state index in [0.717, 1.165) is 13.1 Å². The van der Waals surface area contributed by atoms with Crippen molar-refractivity contribution in [1.29, 1.82) is 0 Å². The Hall–Kier alpha value is -0.170. The maximum absolute atomic E-state index is 11.5. The molecule has 94 valence electrons. The van der Waals surface area contributed by atoms with Crippen LogP contribution in [-0.2, 0) is 9.84 Å². The number of hydrogen-bond acceptors (Lipinski definition) is 5. The molecule has 2 rings (SSSR count). The molecule has 0 amide bonds. The van der Waals surface area contributed by atoms with Crippen molar-refractivity contribution in [3.63, 3.8) is 0 Å². The van der Waals surface area contributed by atoms with Crippen LogP contribution in [-0.4, -0.2) is 67.2 Å². The maximum atomic E-state index is 11.5. The quantitative estimate of drug-likeness (QED) is 0.612. The van der Waals surface area contributed by atoms with E-state index in [1.54, 1.807) is 0 Å². The Bertz CT molecular complexity index is 347. The number of sulfone groups is 1. The molecular weight excluding hydrogens is 228 g/mol. The Morgan fingerprint density at radius 1 is 1.19 bits per heavy atom. The minimum atomic E-state index is -3.05. The molecule has 0 saturated carbocycles. The summed E-state index contributed by atoms with van der Waals surface area (Å²) in [6.45, 7) is 5.85. The molecule has 2 aliphatic rings. The minimum Gasteiger partial charge on any atom is -0.390 e. The molecule has 6 heteroatoms. The summed E-state index contributed by atoms with van der Waals surface area (Å²) < 4.78 is 23.0. The van der Waals surface area contributed by atoms with Crippen LogP contribution in [0.5, 0.6) is 0 Å². The highest BCUT2D eigenvalue weighted by molar-refractivity contribution is 7.91. The third-order valence-electron chi connectivity index (χ3n) is 3.57. The van der Waals surface area contributed by atoms with Crippen LogP contribution < -0.4 is 5.32 Å². The first-order valence-electron chi connectivity index (χ1n) is 5.77. The zero-order valence-electron chi connectivity index (χ0n) is 9.76. The molecule has 4 atom stereocenters. The molecule has 0 aromatic rings. The molecule has 2 N–H and O–H groups in total. The van der Waals surface area contributed by atoms with Gasteiger partial charge in [-0.05, 0) is 13.8 Å². The fourth-order valence-corrected chi connectivity index (χ4v) is 4.69. The second kappa shape index (κ2) is 4.25. The molecular formula is C10H20N2O3S. The number of piperazine rings is 1. The lowest BCUT2D eigenvalue weighted by Crippen LogP contribution is -2.61. The van der Waals surface area contributed by atoms with Crippen LogP contribution in [0.15, 0.2) is 0 Å². The fourth-order valence-electron chi connectivity index (χ4n) is 2.90. The number of hydrogen-bond donors (Lipinski definition) is 2. The Balaban J connectivity index is 2.17. The van der Waals surface area contributed by atoms with Gasteiger partial charge in [-0.3, -0.25) is 4.90 Å². The van der Waals surface area contributed by atoms with E-state index in [1.165, 1.54) is 0 Å². The third-order valence-corrected chi connectivity index (χ3v) is 5.27. The van der Waals surface area contributed by atoms with Gasteiger partial charge in [-0.15, -0.1) is 0 Å². The average molecular weight is 248 g/mol.